The average Bonchev–Trinajstić information content (AvgIpc) is 3.34. The molecule has 0 unspecified atom stereocenters. The molecule has 1 aliphatic rings. The van der Waals surface area contributed by atoms with E-state index in [1.165, 1.54) is 25.1 Å². The Balaban J connectivity index is 1.66. The van der Waals surface area contributed by atoms with Gasteiger partial charge in [-0.3, -0.25) is 10.1 Å². The SMILES string of the molecule is Cn1c(C2CC2)nc2cc(Nc3ncc([N+](=O)[O-])cc3Cl)ccc21. The van der Waals surface area contributed by atoms with Crippen molar-refractivity contribution in [1.29, 1.82) is 0 Å². The molecule has 4 rings (SSSR count). The molecule has 0 amide bonds. The maximum absolute atomic E-state index is 10.7. The van der Waals surface area contributed by atoms with Gasteiger partial charge in [-0.2, -0.15) is 0 Å². The number of nitrogens with one attached hydrogen (secondary N) is 1. The lowest BCUT2D eigenvalue weighted by Crippen LogP contribution is -1.97. The highest BCUT2D eigenvalue weighted by Gasteiger charge is 2.28. The molecular formula is C16H14ClN5O2. The van der Waals surface area contributed by atoms with E-state index in [0.717, 1.165) is 22.5 Å². The predicted molar refractivity (Wildman–Crippen MR) is 91.9 cm³/mol. The van der Waals surface area contributed by atoms with Gasteiger partial charge in [0, 0.05) is 24.7 Å². The van der Waals surface area contributed by atoms with E-state index in [-0.39, 0.29) is 10.7 Å². The number of anilines is 2. The first kappa shape index (κ1) is 14.9. The molecule has 0 bridgehead atoms. The molecule has 0 spiro atoms. The Hall–Kier alpha value is -2.67. The fraction of sp³-hybridized carbons (Fsp3) is 0.250. The van der Waals surface area contributed by atoms with Crippen molar-refractivity contribution < 1.29 is 4.92 Å². The first-order valence-corrected chi connectivity index (χ1v) is 7.94. The molecule has 7 nitrogen and oxygen atoms in total. The first-order chi connectivity index (χ1) is 11.5. The summed E-state index contributed by atoms with van der Waals surface area (Å²) in [4.78, 5) is 19.0. The standard InChI is InChI=1S/C16H14ClN5O2/c1-21-14-5-4-10(6-13(14)20-16(21)9-2-3-9)19-15-12(17)7-11(8-18-15)22(23)24/h4-9H,2-3H2,1H3,(H,18,19). The van der Waals surface area contributed by atoms with E-state index in [0.29, 0.717) is 11.7 Å². The zero-order valence-corrected chi connectivity index (χ0v) is 13.6. The van der Waals surface area contributed by atoms with Crippen LogP contribution in [0.3, 0.4) is 0 Å². The number of pyridine rings is 1. The summed E-state index contributed by atoms with van der Waals surface area (Å²) in [5, 5.41) is 14.0. The first-order valence-electron chi connectivity index (χ1n) is 7.56. The van der Waals surface area contributed by atoms with Gasteiger partial charge in [-0.15, -0.1) is 0 Å². The summed E-state index contributed by atoms with van der Waals surface area (Å²) in [5.74, 6) is 2.07. The second-order valence-electron chi connectivity index (χ2n) is 5.91. The Morgan fingerprint density at radius 3 is 2.83 bits per heavy atom. The van der Waals surface area contributed by atoms with Gasteiger partial charge in [-0.25, -0.2) is 9.97 Å². The molecule has 1 fully saturated rings. The fourth-order valence-corrected chi connectivity index (χ4v) is 2.97. The quantitative estimate of drug-likeness (QED) is 0.568. The highest BCUT2D eigenvalue weighted by Crippen LogP contribution is 2.40. The van der Waals surface area contributed by atoms with Crippen LogP contribution < -0.4 is 5.32 Å². The van der Waals surface area contributed by atoms with Crippen LogP contribution >= 0.6 is 11.6 Å². The number of hydrogen-bond donors (Lipinski definition) is 1. The van der Waals surface area contributed by atoms with E-state index >= 15 is 0 Å². The Morgan fingerprint density at radius 2 is 2.17 bits per heavy atom. The molecule has 2 heterocycles. The molecule has 8 heteroatoms. The van der Waals surface area contributed by atoms with Crippen LogP contribution in [0.5, 0.6) is 0 Å². The summed E-state index contributed by atoms with van der Waals surface area (Å²) in [7, 11) is 2.03. The van der Waals surface area contributed by atoms with Gasteiger partial charge in [0.15, 0.2) is 0 Å². The van der Waals surface area contributed by atoms with Crippen LogP contribution in [-0.2, 0) is 7.05 Å². The van der Waals surface area contributed by atoms with Gasteiger partial charge < -0.3 is 9.88 Å². The zero-order chi connectivity index (χ0) is 16.8. The summed E-state index contributed by atoms with van der Waals surface area (Å²) in [6.07, 6.45) is 3.58. The largest absolute Gasteiger partial charge is 0.339 e. The van der Waals surface area contributed by atoms with Crippen LogP contribution in [0.15, 0.2) is 30.5 Å². The molecule has 1 aliphatic carbocycles. The number of rotatable bonds is 4. The number of nitrogens with zero attached hydrogens (tertiary/aromatic N) is 4. The lowest BCUT2D eigenvalue weighted by Gasteiger charge is -2.07. The molecule has 0 radical (unpaired) electrons. The van der Waals surface area contributed by atoms with Gasteiger partial charge in [-0.1, -0.05) is 11.6 Å². The monoisotopic (exact) mass is 343 g/mol. The lowest BCUT2D eigenvalue weighted by atomic mass is 10.2. The Morgan fingerprint density at radius 1 is 1.38 bits per heavy atom. The highest BCUT2D eigenvalue weighted by molar-refractivity contribution is 6.33. The molecule has 0 atom stereocenters. The van der Waals surface area contributed by atoms with Crippen molar-refractivity contribution in [2.45, 2.75) is 18.8 Å². The summed E-state index contributed by atoms with van der Waals surface area (Å²) in [6, 6.07) is 7.12. The fourth-order valence-electron chi connectivity index (χ4n) is 2.76. The van der Waals surface area contributed by atoms with E-state index in [9.17, 15) is 10.1 Å². The highest BCUT2D eigenvalue weighted by atomic mass is 35.5. The number of hydrogen-bond acceptors (Lipinski definition) is 5. The van der Waals surface area contributed by atoms with E-state index in [4.69, 9.17) is 16.6 Å². The van der Waals surface area contributed by atoms with Gasteiger partial charge in [0.05, 0.1) is 21.0 Å². The van der Waals surface area contributed by atoms with Gasteiger partial charge in [0.2, 0.25) is 0 Å². The minimum atomic E-state index is -0.526. The molecular weight excluding hydrogens is 330 g/mol. The van der Waals surface area contributed by atoms with Gasteiger partial charge >= 0.3 is 0 Å². The van der Waals surface area contributed by atoms with Crippen LogP contribution in [-0.4, -0.2) is 19.5 Å². The van der Waals surface area contributed by atoms with Crippen LogP contribution in [0, 0.1) is 10.1 Å². The maximum atomic E-state index is 10.7. The number of nitro groups is 1. The minimum Gasteiger partial charge on any atom is -0.339 e. The van der Waals surface area contributed by atoms with E-state index in [2.05, 4.69) is 14.9 Å². The predicted octanol–water partition coefficient (Wildman–Crippen LogP) is 4.15. The molecule has 2 aromatic heterocycles. The molecule has 122 valence electrons. The molecule has 1 N–H and O–H groups in total. The van der Waals surface area contributed by atoms with Crippen LogP contribution in [0.2, 0.25) is 5.02 Å². The molecule has 24 heavy (non-hydrogen) atoms. The Bertz CT molecular complexity index is 965. The second kappa shape index (κ2) is 5.45. The van der Waals surface area contributed by atoms with Gasteiger partial charge in [0.25, 0.3) is 5.69 Å². The smallest absolute Gasteiger partial charge is 0.289 e. The lowest BCUT2D eigenvalue weighted by molar-refractivity contribution is -0.385. The third-order valence-electron chi connectivity index (χ3n) is 4.16. The van der Waals surface area contributed by atoms with Crippen LogP contribution in [0.1, 0.15) is 24.6 Å². The summed E-state index contributed by atoms with van der Waals surface area (Å²) in [5.41, 5.74) is 2.62. The van der Waals surface area contributed by atoms with Crippen molar-refractivity contribution in [3.63, 3.8) is 0 Å². The Labute approximate surface area is 142 Å². The molecule has 1 saturated carbocycles. The van der Waals surface area contributed by atoms with E-state index in [1.54, 1.807) is 0 Å². The van der Waals surface area contributed by atoms with Crippen molar-refractivity contribution in [3.8, 4) is 0 Å². The van der Waals surface area contributed by atoms with Crippen LogP contribution in [0.25, 0.3) is 11.0 Å². The second-order valence-corrected chi connectivity index (χ2v) is 6.32. The molecule has 0 aliphatic heterocycles. The number of benzene rings is 1. The van der Waals surface area contributed by atoms with Crippen molar-refractivity contribution in [2.24, 2.45) is 7.05 Å². The van der Waals surface area contributed by atoms with E-state index in [1.807, 2.05) is 25.2 Å². The third kappa shape index (κ3) is 2.56. The van der Waals surface area contributed by atoms with Crippen LogP contribution in [0.4, 0.5) is 17.2 Å². The topological polar surface area (TPSA) is 85.9 Å². The number of fused-ring (bicyclic) bond motifs is 1. The van der Waals surface area contributed by atoms with E-state index < -0.39 is 4.92 Å². The number of imidazole rings is 1. The number of aryl methyl sites for hydroxylation is 1. The normalized spacial score (nSPS) is 14.1. The summed E-state index contributed by atoms with van der Waals surface area (Å²) < 4.78 is 2.13. The van der Waals surface area contributed by atoms with Gasteiger partial charge in [-0.05, 0) is 31.0 Å². The third-order valence-corrected chi connectivity index (χ3v) is 4.45. The van der Waals surface area contributed by atoms with Crippen molar-refractivity contribution in [2.75, 3.05) is 5.32 Å². The Kier molecular flexibility index (Phi) is 3.38. The van der Waals surface area contributed by atoms with Crippen molar-refractivity contribution in [1.82, 2.24) is 14.5 Å². The number of halogens is 1. The zero-order valence-electron chi connectivity index (χ0n) is 12.9. The molecule has 1 aromatic carbocycles. The summed E-state index contributed by atoms with van der Waals surface area (Å²) >= 11 is 6.07. The molecule has 0 saturated heterocycles. The average molecular weight is 344 g/mol. The van der Waals surface area contributed by atoms with Crippen molar-refractivity contribution in [3.05, 3.63) is 51.4 Å². The van der Waals surface area contributed by atoms with Gasteiger partial charge in [0.1, 0.15) is 17.8 Å². The minimum absolute atomic E-state index is 0.139. The molecule has 3 aromatic rings. The summed E-state index contributed by atoms with van der Waals surface area (Å²) in [6.45, 7) is 0. The number of aromatic nitrogens is 3. The van der Waals surface area contributed by atoms with Crippen molar-refractivity contribution >= 4 is 39.8 Å². The maximum Gasteiger partial charge on any atom is 0.289 e.